The van der Waals surface area contributed by atoms with Gasteiger partial charge in [-0.15, -0.1) is 0 Å². The van der Waals surface area contributed by atoms with Gasteiger partial charge in [0.05, 0.1) is 17.9 Å². The van der Waals surface area contributed by atoms with Gasteiger partial charge in [-0.25, -0.2) is 9.18 Å². The number of methoxy groups -OCH3 is 1. The lowest BCUT2D eigenvalue weighted by molar-refractivity contribution is -0.125. The summed E-state index contributed by atoms with van der Waals surface area (Å²) < 4.78 is 23.1. The number of nitrogens with one attached hydrogen (secondary N) is 1. The van der Waals surface area contributed by atoms with Crippen LogP contribution in [0.1, 0.15) is 17.3 Å². The van der Waals surface area contributed by atoms with E-state index in [9.17, 15) is 14.0 Å². The molecule has 0 aromatic heterocycles. The van der Waals surface area contributed by atoms with E-state index in [0.29, 0.717) is 6.61 Å². The van der Waals surface area contributed by atoms with Crippen molar-refractivity contribution in [3.05, 3.63) is 28.0 Å². The number of carbonyl (C=O) groups is 2. The number of ether oxygens (including phenoxy) is 2. The summed E-state index contributed by atoms with van der Waals surface area (Å²) in [5, 5.41) is 2.59. The number of nitrogens with two attached hydrogens (primary N) is 1. The van der Waals surface area contributed by atoms with E-state index in [1.165, 1.54) is 7.11 Å². The highest BCUT2D eigenvalue weighted by molar-refractivity contribution is 9.10. The van der Waals surface area contributed by atoms with Gasteiger partial charge in [-0.3, -0.25) is 4.79 Å². The summed E-state index contributed by atoms with van der Waals surface area (Å²) in [6.07, 6.45) is 0. The highest BCUT2D eigenvalue weighted by Gasteiger charge is 2.16. The second-order valence-electron chi connectivity index (χ2n) is 4.35. The Morgan fingerprint density at radius 3 is 2.76 bits per heavy atom. The number of anilines is 1. The van der Waals surface area contributed by atoms with Crippen LogP contribution in [-0.4, -0.2) is 38.2 Å². The standard InChI is InChI=1S/C13H16BrFN2O4/c1-7(5-20-2)17-12(18)6-21-13(19)8-3-11(16)10(15)4-9(8)14/h3-4,7H,5-6,16H2,1-2H3,(H,17,18). The van der Waals surface area contributed by atoms with Crippen LogP contribution in [0.5, 0.6) is 0 Å². The number of halogens is 2. The highest BCUT2D eigenvalue weighted by Crippen LogP contribution is 2.23. The van der Waals surface area contributed by atoms with Gasteiger partial charge in [0.15, 0.2) is 6.61 Å². The molecule has 6 nitrogen and oxygen atoms in total. The number of rotatable bonds is 6. The Morgan fingerprint density at radius 1 is 1.48 bits per heavy atom. The number of nitrogen functional groups attached to an aromatic ring is 1. The monoisotopic (exact) mass is 362 g/mol. The average Bonchev–Trinajstić information content (AvgIpc) is 2.40. The lowest BCUT2D eigenvalue weighted by Crippen LogP contribution is -2.38. The Kier molecular flexibility index (Phi) is 6.57. The largest absolute Gasteiger partial charge is 0.452 e. The first-order valence-electron chi connectivity index (χ1n) is 6.05. The fourth-order valence-corrected chi connectivity index (χ4v) is 2.02. The molecule has 0 radical (unpaired) electrons. The Labute approximate surface area is 129 Å². The molecule has 1 amide bonds. The van der Waals surface area contributed by atoms with E-state index in [1.54, 1.807) is 6.92 Å². The molecular formula is C13H16BrFN2O4. The van der Waals surface area contributed by atoms with Crippen molar-refractivity contribution in [1.82, 2.24) is 5.32 Å². The van der Waals surface area contributed by atoms with Crippen LogP contribution in [0.2, 0.25) is 0 Å². The van der Waals surface area contributed by atoms with Gasteiger partial charge in [0, 0.05) is 17.6 Å². The molecule has 116 valence electrons. The van der Waals surface area contributed by atoms with Crippen molar-refractivity contribution in [2.75, 3.05) is 26.1 Å². The molecule has 0 heterocycles. The summed E-state index contributed by atoms with van der Waals surface area (Å²) in [4.78, 5) is 23.3. The van der Waals surface area contributed by atoms with Crippen LogP contribution >= 0.6 is 15.9 Å². The summed E-state index contributed by atoms with van der Waals surface area (Å²) in [5.74, 6) is -1.88. The SMILES string of the molecule is COCC(C)NC(=O)COC(=O)c1cc(N)c(F)cc1Br. The Balaban J connectivity index is 2.58. The van der Waals surface area contributed by atoms with Gasteiger partial charge >= 0.3 is 5.97 Å². The van der Waals surface area contributed by atoms with Crippen LogP contribution in [0, 0.1) is 5.82 Å². The molecule has 0 aliphatic rings. The van der Waals surface area contributed by atoms with E-state index < -0.39 is 24.3 Å². The minimum atomic E-state index is -0.775. The summed E-state index contributed by atoms with van der Waals surface area (Å²) in [7, 11) is 1.51. The first-order chi connectivity index (χ1) is 9.85. The normalized spacial score (nSPS) is 11.8. The predicted molar refractivity (Wildman–Crippen MR) is 78.3 cm³/mol. The van der Waals surface area contributed by atoms with Crippen molar-refractivity contribution in [3.8, 4) is 0 Å². The van der Waals surface area contributed by atoms with Gasteiger partial charge in [-0.05, 0) is 35.0 Å². The zero-order valence-corrected chi connectivity index (χ0v) is 13.2. The van der Waals surface area contributed by atoms with E-state index in [2.05, 4.69) is 21.2 Å². The second kappa shape index (κ2) is 7.94. The minimum Gasteiger partial charge on any atom is -0.452 e. The molecule has 1 aromatic carbocycles. The van der Waals surface area contributed by atoms with Crippen molar-refractivity contribution in [3.63, 3.8) is 0 Å². The first-order valence-corrected chi connectivity index (χ1v) is 6.84. The second-order valence-corrected chi connectivity index (χ2v) is 5.21. The number of amides is 1. The van der Waals surface area contributed by atoms with Gasteiger partial charge in [0.2, 0.25) is 0 Å². The molecule has 0 bridgehead atoms. The third-order valence-electron chi connectivity index (χ3n) is 2.46. The Hall–Kier alpha value is -1.67. The number of hydrogen-bond donors (Lipinski definition) is 2. The van der Waals surface area contributed by atoms with Gasteiger partial charge < -0.3 is 20.5 Å². The Morgan fingerprint density at radius 2 is 2.14 bits per heavy atom. The maximum Gasteiger partial charge on any atom is 0.339 e. The lowest BCUT2D eigenvalue weighted by atomic mass is 10.2. The maximum absolute atomic E-state index is 13.2. The molecule has 0 saturated heterocycles. The fraction of sp³-hybridized carbons (Fsp3) is 0.385. The Bertz CT molecular complexity index is 539. The molecule has 0 aliphatic heterocycles. The summed E-state index contributed by atoms with van der Waals surface area (Å²) in [6, 6.07) is 2.01. The topological polar surface area (TPSA) is 90.6 Å². The number of hydrogen-bond acceptors (Lipinski definition) is 5. The molecular weight excluding hydrogens is 347 g/mol. The molecule has 1 unspecified atom stereocenters. The van der Waals surface area contributed by atoms with Crippen LogP contribution in [0.25, 0.3) is 0 Å². The van der Waals surface area contributed by atoms with Crippen LogP contribution in [0.3, 0.4) is 0 Å². The van der Waals surface area contributed by atoms with Crippen molar-refractivity contribution in [2.24, 2.45) is 0 Å². The minimum absolute atomic E-state index is 0.0478. The molecule has 21 heavy (non-hydrogen) atoms. The van der Waals surface area contributed by atoms with E-state index in [0.717, 1.165) is 12.1 Å². The predicted octanol–water partition coefficient (Wildman–Crippen LogP) is 1.48. The molecule has 0 fully saturated rings. The molecule has 3 N–H and O–H groups in total. The van der Waals surface area contributed by atoms with E-state index in [-0.39, 0.29) is 21.8 Å². The molecule has 0 spiro atoms. The molecule has 1 rings (SSSR count). The number of benzene rings is 1. The average molecular weight is 363 g/mol. The molecule has 8 heteroatoms. The fourth-order valence-electron chi connectivity index (χ4n) is 1.54. The van der Waals surface area contributed by atoms with Gasteiger partial charge in [-0.2, -0.15) is 0 Å². The zero-order chi connectivity index (χ0) is 16.0. The van der Waals surface area contributed by atoms with Gasteiger partial charge in [0.1, 0.15) is 5.82 Å². The molecule has 1 aromatic rings. The van der Waals surface area contributed by atoms with Crippen molar-refractivity contribution in [2.45, 2.75) is 13.0 Å². The van der Waals surface area contributed by atoms with Gasteiger partial charge in [0.25, 0.3) is 5.91 Å². The summed E-state index contributed by atoms with van der Waals surface area (Å²) in [6.45, 7) is 1.65. The van der Waals surface area contributed by atoms with E-state index in [1.807, 2.05) is 0 Å². The number of esters is 1. The molecule has 0 saturated carbocycles. The highest BCUT2D eigenvalue weighted by atomic mass is 79.9. The van der Waals surface area contributed by atoms with Crippen LogP contribution in [-0.2, 0) is 14.3 Å². The van der Waals surface area contributed by atoms with Crippen molar-refractivity contribution in [1.29, 1.82) is 0 Å². The van der Waals surface area contributed by atoms with Gasteiger partial charge in [-0.1, -0.05) is 0 Å². The third kappa shape index (κ3) is 5.31. The lowest BCUT2D eigenvalue weighted by Gasteiger charge is -2.13. The quantitative estimate of drug-likeness (QED) is 0.590. The molecule has 1 atom stereocenters. The number of carbonyl (C=O) groups excluding carboxylic acids is 2. The first kappa shape index (κ1) is 17.4. The van der Waals surface area contributed by atoms with Crippen molar-refractivity contribution >= 4 is 33.5 Å². The summed E-state index contributed by atoms with van der Waals surface area (Å²) in [5.41, 5.74) is 5.26. The maximum atomic E-state index is 13.2. The smallest absolute Gasteiger partial charge is 0.339 e. The summed E-state index contributed by atoms with van der Waals surface area (Å²) >= 11 is 3.04. The van der Waals surface area contributed by atoms with Crippen LogP contribution < -0.4 is 11.1 Å². The van der Waals surface area contributed by atoms with Crippen LogP contribution in [0.4, 0.5) is 10.1 Å². The van der Waals surface area contributed by atoms with E-state index >= 15 is 0 Å². The van der Waals surface area contributed by atoms with E-state index in [4.69, 9.17) is 15.2 Å². The molecule has 0 aliphatic carbocycles. The third-order valence-corrected chi connectivity index (χ3v) is 3.12. The zero-order valence-electron chi connectivity index (χ0n) is 11.6. The van der Waals surface area contributed by atoms with Crippen molar-refractivity contribution < 1.29 is 23.5 Å². The van der Waals surface area contributed by atoms with Crippen LogP contribution in [0.15, 0.2) is 16.6 Å².